The van der Waals surface area contributed by atoms with Gasteiger partial charge in [0.2, 0.25) is 5.91 Å². The number of nitrogens with one attached hydrogen (secondary N) is 1. The van der Waals surface area contributed by atoms with E-state index in [0.717, 1.165) is 6.42 Å². The Labute approximate surface area is 162 Å². The Morgan fingerprint density at radius 2 is 2.19 bits per heavy atom. The third-order valence-electron chi connectivity index (χ3n) is 4.58. The van der Waals surface area contributed by atoms with E-state index in [1.54, 1.807) is 34.4 Å². The van der Waals surface area contributed by atoms with Crippen LogP contribution in [0.2, 0.25) is 5.02 Å². The van der Waals surface area contributed by atoms with E-state index in [4.69, 9.17) is 11.6 Å². The summed E-state index contributed by atoms with van der Waals surface area (Å²) in [5.41, 5.74) is 2.30. The van der Waals surface area contributed by atoms with Crippen molar-refractivity contribution in [2.45, 2.75) is 18.9 Å². The number of carbonyl (C=O) groups excluding carboxylic acids is 2. The molecule has 2 heterocycles. The van der Waals surface area contributed by atoms with Crippen molar-refractivity contribution in [1.82, 2.24) is 10.2 Å². The summed E-state index contributed by atoms with van der Waals surface area (Å²) in [6.07, 6.45) is 1.34. The Morgan fingerprint density at radius 1 is 1.38 bits per heavy atom. The summed E-state index contributed by atoms with van der Waals surface area (Å²) in [4.78, 5) is 28.4. The van der Waals surface area contributed by atoms with Gasteiger partial charge in [0, 0.05) is 25.1 Å². The maximum absolute atomic E-state index is 12.6. The van der Waals surface area contributed by atoms with E-state index in [1.807, 2.05) is 19.5 Å². The van der Waals surface area contributed by atoms with Gasteiger partial charge in [0.25, 0.3) is 5.91 Å². The van der Waals surface area contributed by atoms with Crippen LogP contribution in [0.25, 0.3) is 0 Å². The first-order valence-electron chi connectivity index (χ1n) is 8.54. The van der Waals surface area contributed by atoms with Crippen molar-refractivity contribution < 1.29 is 9.59 Å². The molecule has 1 unspecified atom stereocenters. The van der Waals surface area contributed by atoms with Gasteiger partial charge in [0.1, 0.15) is 0 Å². The Balaban J connectivity index is 1.72. The van der Waals surface area contributed by atoms with Crippen LogP contribution in [-0.2, 0) is 4.79 Å². The Kier molecular flexibility index (Phi) is 5.96. The maximum Gasteiger partial charge on any atom is 0.251 e. The minimum atomic E-state index is -0.170. The Bertz CT molecular complexity index is 792. The van der Waals surface area contributed by atoms with Crippen molar-refractivity contribution in [1.29, 1.82) is 0 Å². The molecular formula is C19H22ClN3O2S. The van der Waals surface area contributed by atoms with Crippen LogP contribution >= 0.6 is 22.9 Å². The van der Waals surface area contributed by atoms with Crippen LogP contribution in [0.1, 0.15) is 34.8 Å². The fraction of sp³-hybridized carbons (Fsp3) is 0.368. The lowest BCUT2D eigenvalue weighted by Crippen LogP contribution is -2.34. The molecule has 0 radical (unpaired) electrons. The second-order valence-corrected chi connectivity index (χ2v) is 7.75. The average molecular weight is 392 g/mol. The number of likely N-dealkylation sites (N-methyl/N-ethyl adjacent to an activating group) is 1. The lowest BCUT2D eigenvalue weighted by atomic mass is 10.1. The molecule has 2 amide bonds. The number of halogens is 1. The number of thiophene rings is 1. The highest BCUT2D eigenvalue weighted by atomic mass is 35.5. The molecule has 1 atom stereocenters. The molecule has 1 aliphatic rings. The molecule has 3 rings (SSSR count). The van der Waals surface area contributed by atoms with E-state index in [0.29, 0.717) is 35.8 Å². The highest BCUT2D eigenvalue weighted by molar-refractivity contribution is 7.08. The van der Waals surface area contributed by atoms with E-state index in [2.05, 4.69) is 21.7 Å². The molecule has 0 spiro atoms. The molecule has 2 aromatic rings. The molecule has 1 N–H and O–H groups in total. The lowest BCUT2D eigenvalue weighted by molar-refractivity contribution is -0.117. The molecule has 5 nitrogen and oxygen atoms in total. The van der Waals surface area contributed by atoms with Crippen molar-refractivity contribution in [2.24, 2.45) is 0 Å². The van der Waals surface area contributed by atoms with Crippen LogP contribution in [0.15, 0.2) is 35.0 Å². The van der Waals surface area contributed by atoms with Gasteiger partial charge < -0.3 is 15.1 Å². The number of rotatable bonds is 6. The standard InChI is InChI=1S/C19H22ClN3O2S/c1-22(2)17(14-7-9-26-12-14)11-21-19(25)13-5-6-15(20)16(10-13)23-8-3-4-18(23)24/h5-7,9-10,12,17H,3-4,8,11H2,1-2H3,(H,21,25). The zero-order valence-corrected chi connectivity index (χ0v) is 16.4. The number of amides is 2. The second-order valence-electron chi connectivity index (χ2n) is 6.56. The molecule has 1 aromatic carbocycles. The van der Waals surface area contributed by atoms with Crippen molar-refractivity contribution >= 4 is 40.4 Å². The quantitative estimate of drug-likeness (QED) is 0.819. The highest BCUT2D eigenvalue weighted by Crippen LogP contribution is 2.30. The number of benzene rings is 1. The molecule has 1 aromatic heterocycles. The Morgan fingerprint density at radius 3 is 2.81 bits per heavy atom. The van der Waals surface area contributed by atoms with E-state index in [9.17, 15) is 9.59 Å². The molecule has 0 saturated carbocycles. The second kappa shape index (κ2) is 8.20. The summed E-state index contributed by atoms with van der Waals surface area (Å²) in [5.74, 6) is -0.119. The first-order valence-corrected chi connectivity index (χ1v) is 9.86. The van der Waals surface area contributed by atoms with E-state index >= 15 is 0 Å². The number of hydrogen-bond donors (Lipinski definition) is 1. The first kappa shape index (κ1) is 18.9. The smallest absolute Gasteiger partial charge is 0.251 e. The van der Waals surface area contributed by atoms with Crippen molar-refractivity contribution in [3.05, 3.63) is 51.2 Å². The van der Waals surface area contributed by atoms with Crippen LogP contribution in [0.5, 0.6) is 0 Å². The van der Waals surface area contributed by atoms with Gasteiger partial charge in [-0.15, -0.1) is 0 Å². The molecule has 0 aliphatic carbocycles. The number of hydrogen-bond acceptors (Lipinski definition) is 4. The predicted molar refractivity (Wildman–Crippen MR) is 106 cm³/mol. The van der Waals surface area contributed by atoms with Crippen LogP contribution in [0.4, 0.5) is 5.69 Å². The third-order valence-corrected chi connectivity index (χ3v) is 5.60. The monoisotopic (exact) mass is 391 g/mol. The first-order chi connectivity index (χ1) is 12.5. The van der Waals surface area contributed by atoms with E-state index in [-0.39, 0.29) is 17.9 Å². The molecule has 1 fully saturated rings. The molecule has 138 valence electrons. The van der Waals surface area contributed by atoms with Gasteiger partial charge in [-0.2, -0.15) is 11.3 Å². The minimum absolute atomic E-state index is 0.0505. The molecule has 0 bridgehead atoms. The summed E-state index contributed by atoms with van der Waals surface area (Å²) in [5, 5.41) is 7.61. The number of nitrogens with zero attached hydrogens (tertiary/aromatic N) is 2. The van der Waals surface area contributed by atoms with Crippen LogP contribution in [0, 0.1) is 0 Å². The van der Waals surface area contributed by atoms with E-state index < -0.39 is 0 Å². The molecule has 1 aliphatic heterocycles. The molecule has 7 heteroatoms. The predicted octanol–water partition coefficient (Wildman–Crippen LogP) is 3.56. The van der Waals surface area contributed by atoms with Crippen LogP contribution in [-0.4, -0.2) is 43.9 Å². The van der Waals surface area contributed by atoms with Crippen molar-refractivity contribution in [3.8, 4) is 0 Å². The fourth-order valence-corrected chi connectivity index (χ4v) is 4.04. The molecule has 1 saturated heterocycles. The van der Waals surface area contributed by atoms with Gasteiger partial charge in [0.15, 0.2) is 0 Å². The topological polar surface area (TPSA) is 52.7 Å². The summed E-state index contributed by atoms with van der Waals surface area (Å²) in [7, 11) is 3.99. The summed E-state index contributed by atoms with van der Waals surface area (Å²) >= 11 is 7.89. The SMILES string of the molecule is CN(C)C(CNC(=O)c1ccc(Cl)c(N2CCCC2=O)c1)c1ccsc1. The molecule has 26 heavy (non-hydrogen) atoms. The highest BCUT2D eigenvalue weighted by Gasteiger charge is 2.24. The van der Waals surface area contributed by atoms with Gasteiger partial charge in [-0.05, 0) is 61.1 Å². The maximum atomic E-state index is 12.6. The minimum Gasteiger partial charge on any atom is -0.350 e. The number of anilines is 1. The molecular weight excluding hydrogens is 370 g/mol. The summed E-state index contributed by atoms with van der Waals surface area (Å²) in [6.45, 7) is 1.15. The normalized spacial score (nSPS) is 15.5. The van der Waals surface area contributed by atoms with Gasteiger partial charge >= 0.3 is 0 Å². The largest absolute Gasteiger partial charge is 0.350 e. The van der Waals surface area contributed by atoms with Crippen molar-refractivity contribution in [3.63, 3.8) is 0 Å². The summed E-state index contributed by atoms with van der Waals surface area (Å²) in [6, 6.07) is 7.25. The van der Waals surface area contributed by atoms with Gasteiger partial charge in [0.05, 0.1) is 16.8 Å². The summed E-state index contributed by atoms with van der Waals surface area (Å²) < 4.78 is 0. The number of carbonyl (C=O) groups is 2. The zero-order chi connectivity index (χ0) is 18.7. The van der Waals surface area contributed by atoms with Crippen LogP contribution < -0.4 is 10.2 Å². The lowest BCUT2D eigenvalue weighted by Gasteiger charge is -2.24. The zero-order valence-electron chi connectivity index (χ0n) is 14.9. The van der Waals surface area contributed by atoms with Crippen molar-refractivity contribution in [2.75, 3.05) is 32.1 Å². The third kappa shape index (κ3) is 4.09. The fourth-order valence-electron chi connectivity index (χ4n) is 3.12. The Hall–Kier alpha value is -1.89. The van der Waals surface area contributed by atoms with Crippen LogP contribution in [0.3, 0.4) is 0 Å². The van der Waals surface area contributed by atoms with E-state index in [1.165, 1.54) is 5.56 Å². The van der Waals surface area contributed by atoms with Gasteiger partial charge in [-0.3, -0.25) is 9.59 Å². The van der Waals surface area contributed by atoms with Gasteiger partial charge in [-0.25, -0.2) is 0 Å². The average Bonchev–Trinajstić information content (AvgIpc) is 3.27. The van der Waals surface area contributed by atoms with Gasteiger partial charge in [-0.1, -0.05) is 11.6 Å².